The normalized spacial score (nSPS) is 11.8. The highest BCUT2D eigenvalue weighted by atomic mass is 16.5. The van der Waals surface area contributed by atoms with E-state index in [1.807, 2.05) is 6.07 Å². The topological polar surface area (TPSA) is 21.7 Å². The van der Waals surface area contributed by atoms with E-state index in [9.17, 15) is 0 Å². The molecule has 0 aromatic heterocycles. The van der Waals surface area contributed by atoms with Crippen molar-refractivity contribution in [3.8, 4) is 11.5 Å². The Morgan fingerprint density at radius 3 is 2.33 bits per heavy atom. The summed E-state index contributed by atoms with van der Waals surface area (Å²) in [6, 6.07) is 15.6. The molecular weight excluding hydrogens is 370 g/mol. The SMILES string of the molecule is C=C(CCCc1ccc(OC)c(OC)c1)CCC(C)N(CCC)c1ccc(C)cc1. The van der Waals surface area contributed by atoms with E-state index < -0.39 is 0 Å². The highest BCUT2D eigenvalue weighted by molar-refractivity contribution is 5.48. The molecule has 0 fully saturated rings. The summed E-state index contributed by atoms with van der Waals surface area (Å²) in [5, 5.41) is 0. The van der Waals surface area contributed by atoms with Crippen LogP contribution >= 0.6 is 0 Å². The van der Waals surface area contributed by atoms with Crippen molar-refractivity contribution in [3.63, 3.8) is 0 Å². The molecule has 2 aromatic rings. The molecular formula is C27H39NO2. The van der Waals surface area contributed by atoms with Crippen LogP contribution in [0.4, 0.5) is 5.69 Å². The van der Waals surface area contributed by atoms with Gasteiger partial charge in [0.1, 0.15) is 0 Å². The maximum Gasteiger partial charge on any atom is 0.160 e. The third kappa shape index (κ3) is 7.12. The Hall–Kier alpha value is -2.42. The van der Waals surface area contributed by atoms with Crippen molar-refractivity contribution in [3.05, 3.63) is 65.7 Å². The van der Waals surface area contributed by atoms with Gasteiger partial charge in [-0.25, -0.2) is 0 Å². The van der Waals surface area contributed by atoms with Crippen LogP contribution in [-0.4, -0.2) is 26.8 Å². The van der Waals surface area contributed by atoms with Gasteiger partial charge in [-0.15, -0.1) is 0 Å². The molecule has 2 aromatic carbocycles. The molecule has 1 unspecified atom stereocenters. The smallest absolute Gasteiger partial charge is 0.160 e. The van der Waals surface area contributed by atoms with Crippen LogP contribution in [0.25, 0.3) is 0 Å². The number of aryl methyl sites for hydroxylation is 2. The lowest BCUT2D eigenvalue weighted by Crippen LogP contribution is -2.33. The van der Waals surface area contributed by atoms with Gasteiger partial charge in [0.2, 0.25) is 0 Å². The van der Waals surface area contributed by atoms with Crippen molar-refractivity contribution in [2.75, 3.05) is 25.7 Å². The van der Waals surface area contributed by atoms with Gasteiger partial charge in [0.05, 0.1) is 14.2 Å². The van der Waals surface area contributed by atoms with Gasteiger partial charge in [-0.05, 0) is 82.2 Å². The summed E-state index contributed by atoms with van der Waals surface area (Å²) in [6.07, 6.45) is 6.59. The number of nitrogens with zero attached hydrogens (tertiary/aromatic N) is 1. The average molecular weight is 410 g/mol. The first kappa shape index (κ1) is 23.9. The van der Waals surface area contributed by atoms with Crippen LogP contribution in [0.3, 0.4) is 0 Å². The van der Waals surface area contributed by atoms with Crippen LogP contribution in [0.15, 0.2) is 54.6 Å². The molecule has 0 bridgehead atoms. The van der Waals surface area contributed by atoms with E-state index in [1.54, 1.807) is 14.2 Å². The first-order valence-corrected chi connectivity index (χ1v) is 11.2. The predicted octanol–water partition coefficient (Wildman–Crippen LogP) is 6.98. The third-order valence-electron chi connectivity index (χ3n) is 5.72. The second-order valence-corrected chi connectivity index (χ2v) is 8.21. The Labute approximate surface area is 183 Å². The summed E-state index contributed by atoms with van der Waals surface area (Å²) in [5.74, 6) is 1.58. The maximum absolute atomic E-state index is 5.41. The van der Waals surface area contributed by atoms with E-state index in [0.29, 0.717) is 6.04 Å². The van der Waals surface area contributed by atoms with Crippen molar-refractivity contribution in [1.82, 2.24) is 0 Å². The summed E-state index contributed by atoms with van der Waals surface area (Å²) in [5.41, 5.74) is 5.27. The number of hydrogen-bond acceptors (Lipinski definition) is 3. The van der Waals surface area contributed by atoms with Crippen molar-refractivity contribution >= 4 is 5.69 Å². The van der Waals surface area contributed by atoms with Crippen LogP contribution in [0.5, 0.6) is 11.5 Å². The molecule has 30 heavy (non-hydrogen) atoms. The minimum Gasteiger partial charge on any atom is -0.493 e. The largest absolute Gasteiger partial charge is 0.493 e. The molecule has 3 nitrogen and oxygen atoms in total. The van der Waals surface area contributed by atoms with Crippen molar-refractivity contribution in [2.45, 2.75) is 65.3 Å². The summed E-state index contributed by atoms with van der Waals surface area (Å²) in [6.45, 7) is 12.2. The molecule has 0 radical (unpaired) electrons. The lowest BCUT2D eigenvalue weighted by molar-refractivity contribution is 0.354. The minimum absolute atomic E-state index is 0.509. The van der Waals surface area contributed by atoms with Crippen LogP contribution < -0.4 is 14.4 Å². The van der Waals surface area contributed by atoms with Crippen LogP contribution in [-0.2, 0) is 6.42 Å². The van der Waals surface area contributed by atoms with Gasteiger partial charge in [0.15, 0.2) is 11.5 Å². The standard InChI is InChI=1S/C27H39NO2/c1-7-19-28(25-16-12-22(3)13-17-25)23(4)14-11-21(2)9-8-10-24-15-18-26(29-5)27(20-24)30-6/h12-13,15-18,20,23H,2,7-11,14,19H2,1,3-6H3. The maximum atomic E-state index is 5.41. The van der Waals surface area contributed by atoms with Gasteiger partial charge in [-0.1, -0.05) is 42.8 Å². The number of rotatable bonds is 13. The Balaban J connectivity index is 1.80. The van der Waals surface area contributed by atoms with E-state index >= 15 is 0 Å². The van der Waals surface area contributed by atoms with E-state index in [2.05, 4.69) is 68.6 Å². The quantitative estimate of drug-likeness (QED) is 0.333. The fraction of sp³-hybridized carbons (Fsp3) is 0.481. The van der Waals surface area contributed by atoms with E-state index in [1.165, 1.54) is 22.4 Å². The van der Waals surface area contributed by atoms with Gasteiger partial charge in [-0.2, -0.15) is 0 Å². The molecule has 0 aliphatic rings. The summed E-state index contributed by atoms with van der Waals surface area (Å²) in [4.78, 5) is 2.54. The molecule has 2 rings (SSSR count). The molecule has 0 aliphatic heterocycles. The second-order valence-electron chi connectivity index (χ2n) is 8.21. The lowest BCUT2D eigenvalue weighted by atomic mass is 9.99. The monoisotopic (exact) mass is 409 g/mol. The van der Waals surface area contributed by atoms with Crippen molar-refractivity contribution in [1.29, 1.82) is 0 Å². The summed E-state index contributed by atoms with van der Waals surface area (Å²) < 4.78 is 10.7. The number of anilines is 1. The second kappa shape index (κ2) is 12.3. The molecule has 0 amide bonds. The summed E-state index contributed by atoms with van der Waals surface area (Å²) in [7, 11) is 3.35. The number of hydrogen-bond donors (Lipinski definition) is 0. The van der Waals surface area contributed by atoms with Crippen molar-refractivity contribution in [2.24, 2.45) is 0 Å². The Morgan fingerprint density at radius 2 is 1.70 bits per heavy atom. The highest BCUT2D eigenvalue weighted by Crippen LogP contribution is 2.28. The van der Waals surface area contributed by atoms with E-state index in [0.717, 1.165) is 56.6 Å². The van der Waals surface area contributed by atoms with Crippen LogP contribution in [0.2, 0.25) is 0 Å². The zero-order valence-corrected chi connectivity index (χ0v) is 19.5. The molecule has 0 spiro atoms. The molecule has 0 N–H and O–H groups in total. The fourth-order valence-electron chi connectivity index (χ4n) is 3.85. The third-order valence-corrected chi connectivity index (χ3v) is 5.72. The van der Waals surface area contributed by atoms with Gasteiger partial charge < -0.3 is 14.4 Å². The summed E-state index contributed by atoms with van der Waals surface area (Å²) >= 11 is 0. The van der Waals surface area contributed by atoms with Gasteiger partial charge in [0.25, 0.3) is 0 Å². The molecule has 0 aliphatic carbocycles. The molecule has 0 heterocycles. The van der Waals surface area contributed by atoms with E-state index in [-0.39, 0.29) is 0 Å². The Bertz CT molecular complexity index is 782. The van der Waals surface area contributed by atoms with Gasteiger partial charge >= 0.3 is 0 Å². The van der Waals surface area contributed by atoms with E-state index in [4.69, 9.17) is 9.47 Å². The van der Waals surface area contributed by atoms with Crippen LogP contribution in [0, 0.1) is 6.92 Å². The molecule has 164 valence electrons. The average Bonchev–Trinajstić information content (AvgIpc) is 2.76. The van der Waals surface area contributed by atoms with Crippen molar-refractivity contribution < 1.29 is 9.47 Å². The molecule has 3 heteroatoms. The number of ether oxygens (including phenoxy) is 2. The van der Waals surface area contributed by atoms with Gasteiger partial charge in [-0.3, -0.25) is 0 Å². The van der Waals surface area contributed by atoms with Crippen LogP contribution in [0.1, 0.15) is 57.1 Å². The Kier molecular flexibility index (Phi) is 9.79. The highest BCUT2D eigenvalue weighted by Gasteiger charge is 2.14. The molecule has 1 atom stereocenters. The molecule has 0 saturated heterocycles. The van der Waals surface area contributed by atoms with Gasteiger partial charge in [0, 0.05) is 18.3 Å². The lowest BCUT2D eigenvalue weighted by Gasteiger charge is -2.31. The predicted molar refractivity (Wildman–Crippen MR) is 129 cm³/mol. The number of benzene rings is 2. The Morgan fingerprint density at radius 1 is 1.00 bits per heavy atom. The zero-order chi connectivity index (χ0) is 21.9. The minimum atomic E-state index is 0.509. The first-order chi connectivity index (χ1) is 14.5. The number of methoxy groups -OCH3 is 2. The fourth-order valence-corrected chi connectivity index (χ4v) is 3.85. The number of allylic oxidation sites excluding steroid dienone is 1. The molecule has 0 saturated carbocycles. The zero-order valence-electron chi connectivity index (χ0n) is 19.5. The first-order valence-electron chi connectivity index (χ1n) is 11.2.